The van der Waals surface area contributed by atoms with E-state index in [9.17, 15) is 9.59 Å². The zero-order chi connectivity index (χ0) is 24.8. The molecule has 7 nitrogen and oxygen atoms in total. The number of carbonyl (C=O) groups excluding carboxylic acids is 2. The van der Waals surface area contributed by atoms with Gasteiger partial charge in [0, 0.05) is 11.4 Å². The first kappa shape index (κ1) is 24.6. The van der Waals surface area contributed by atoms with Gasteiger partial charge in [-0.05, 0) is 48.4 Å². The lowest BCUT2D eigenvalue weighted by molar-refractivity contribution is -0.142. The van der Waals surface area contributed by atoms with Crippen LogP contribution in [0.15, 0.2) is 66.0 Å². The van der Waals surface area contributed by atoms with Crippen LogP contribution in [0.2, 0.25) is 0 Å². The molecule has 2 heterocycles. The summed E-state index contributed by atoms with van der Waals surface area (Å²) in [5.41, 5.74) is 3.39. The molecule has 8 heteroatoms. The monoisotopic (exact) mass is 489 g/mol. The van der Waals surface area contributed by atoms with Gasteiger partial charge in [-0.15, -0.1) is 16.4 Å². The summed E-state index contributed by atoms with van der Waals surface area (Å²) >= 11 is 1.57. The van der Waals surface area contributed by atoms with E-state index in [4.69, 9.17) is 0 Å². The van der Waals surface area contributed by atoms with Crippen molar-refractivity contribution in [2.75, 3.05) is 6.54 Å². The summed E-state index contributed by atoms with van der Waals surface area (Å²) in [5.74, 6) is 0.0964. The molecule has 35 heavy (non-hydrogen) atoms. The van der Waals surface area contributed by atoms with Gasteiger partial charge in [0.05, 0.1) is 12.1 Å². The molecule has 0 unspecified atom stereocenters. The van der Waals surface area contributed by atoms with Gasteiger partial charge in [-0.3, -0.25) is 9.59 Å². The Morgan fingerprint density at radius 2 is 1.83 bits per heavy atom. The molecule has 4 aromatic rings. The zero-order valence-corrected chi connectivity index (χ0v) is 21.2. The van der Waals surface area contributed by atoms with E-state index in [1.54, 1.807) is 20.9 Å². The minimum Gasteiger partial charge on any atom is -0.354 e. The normalized spacial score (nSPS) is 12.1. The first-order valence-electron chi connectivity index (χ1n) is 11.9. The first-order chi connectivity index (χ1) is 16.9. The standard InChI is InChI=1S/C27H31N5O2S/c1-19(2)14-15-28-27(34)26(21-12-10-20(3)11-13-21)31(17-22-7-6-16-35-22)25(33)18-32-24-9-5-4-8-23(24)29-30-32/h4-13,16,19,26H,14-15,17-18H2,1-3H3,(H,28,34)/t26-/m1/s1. The first-order valence-corrected chi connectivity index (χ1v) is 12.7. The number of aromatic nitrogens is 3. The molecule has 2 amide bonds. The van der Waals surface area contributed by atoms with Crippen LogP contribution in [0.1, 0.15) is 42.3 Å². The molecule has 0 aliphatic carbocycles. The van der Waals surface area contributed by atoms with E-state index >= 15 is 0 Å². The third-order valence-corrected chi connectivity index (χ3v) is 6.77. The highest BCUT2D eigenvalue weighted by Crippen LogP contribution is 2.26. The van der Waals surface area contributed by atoms with E-state index in [1.165, 1.54) is 0 Å². The number of hydrogen-bond acceptors (Lipinski definition) is 5. The Balaban J connectivity index is 1.68. The second-order valence-electron chi connectivity index (χ2n) is 9.12. The summed E-state index contributed by atoms with van der Waals surface area (Å²) in [7, 11) is 0. The summed E-state index contributed by atoms with van der Waals surface area (Å²) in [6, 6.07) is 18.5. The van der Waals surface area contributed by atoms with Crippen molar-refractivity contribution >= 4 is 34.2 Å². The van der Waals surface area contributed by atoms with Crippen LogP contribution < -0.4 is 5.32 Å². The molecule has 0 radical (unpaired) electrons. The number of rotatable bonds is 10. The number of benzene rings is 2. The van der Waals surface area contributed by atoms with Crippen molar-refractivity contribution in [3.8, 4) is 0 Å². The number of para-hydroxylation sites is 1. The number of amides is 2. The van der Waals surface area contributed by atoms with Gasteiger partial charge in [0.25, 0.3) is 0 Å². The van der Waals surface area contributed by atoms with Crippen molar-refractivity contribution in [2.24, 2.45) is 5.92 Å². The van der Waals surface area contributed by atoms with Gasteiger partial charge in [0.2, 0.25) is 11.8 Å². The second kappa shape index (κ2) is 11.3. The lowest BCUT2D eigenvalue weighted by atomic mass is 10.0. The largest absolute Gasteiger partial charge is 0.354 e. The third kappa shape index (κ3) is 6.14. The van der Waals surface area contributed by atoms with Crippen LogP contribution in [-0.2, 0) is 22.7 Å². The molecule has 0 aliphatic heterocycles. The maximum Gasteiger partial charge on any atom is 0.247 e. The molecule has 2 aromatic heterocycles. The third-order valence-electron chi connectivity index (χ3n) is 5.91. The highest BCUT2D eigenvalue weighted by Gasteiger charge is 2.32. The molecule has 1 atom stereocenters. The molecule has 182 valence electrons. The molecule has 0 spiro atoms. The molecule has 2 aromatic carbocycles. The van der Waals surface area contributed by atoms with Crippen LogP contribution in [0.3, 0.4) is 0 Å². The number of aryl methyl sites for hydroxylation is 1. The van der Waals surface area contributed by atoms with E-state index in [-0.39, 0.29) is 18.4 Å². The molecule has 4 rings (SSSR count). The number of carbonyl (C=O) groups is 2. The molecular formula is C27H31N5O2S. The summed E-state index contributed by atoms with van der Waals surface area (Å²) in [5, 5.41) is 13.4. The summed E-state index contributed by atoms with van der Waals surface area (Å²) in [6.07, 6.45) is 0.871. The highest BCUT2D eigenvalue weighted by molar-refractivity contribution is 7.09. The van der Waals surface area contributed by atoms with E-state index in [1.807, 2.05) is 73.0 Å². The smallest absolute Gasteiger partial charge is 0.247 e. The van der Waals surface area contributed by atoms with Crippen LogP contribution in [0.5, 0.6) is 0 Å². The van der Waals surface area contributed by atoms with Crippen LogP contribution in [0.4, 0.5) is 0 Å². The van der Waals surface area contributed by atoms with Gasteiger partial charge in [-0.1, -0.05) is 67.1 Å². The Morgan fingerprint density at radius 1 is 1.06 bits per heavy atom. The summed E-state index contributed by atoms with van der Waals surface area (Å²) in [6.45, 7) is 7.14. The average Bonchev–Trinajstić information content (AvgIpc) is 3.50. The number of nitrogens with one attached hydrogen (secondary N) is 1. The van der Waals surface area contributed by atoms with E-state index < -0.39 is 6.04 Å². The number of fused-ring (bicyclic) bond motifs is 1. The highest BCUT2D eigenvalue weighted by atomic mass is 32.1. The second-order valence-corrected chi connectivity index (χ2v) is 10.2. The van der Waals surface area contributed by atoms with Crippen LogP contribution >= 0.6 is 11.3 Å². The molecule has 0 aliphatic rings. The SMILES string of the molecule is Cc1ccc([C@H](C(=O)NCCC(C)C)N(Cc2cccs2)C(=O)Cn2nnc3ccccc32)cc1. The lowest BCUT2D eigenvalue weighted by Gasteiger charge is -2.31. The summed E-state index contributed by atoms with van der Waals surface area (Å²) < 4.78 is 1.60. The van der Waals surface area contributed by atoms with Crippen molar-refractivity contribution in [3.05, 3.63) is 82.0 Å². The lowest BCUT2D eigenvalue weighted by Crippen LogP contribution is -2.44. The average molecular weight is 490 g/mol. The van der Waals surface area contributed by atoms with Crippen molar-refractivity contribution in [3.63, 3.8) is 0 Å². The molecule has 1 N–H and O–H groups in total. The van der Waals surface area contributed by atoms with Gasteiger partial charge in [0.15, 0.2) is 0 Å². The summed E-state index contributed by atoms with van der Waals surface area (Å²) in [4.78, 5) is 30.0. The number of thiophene rings is 1. The minimum atomic E-state index is -0.757. The van der Waals surface area contributed by atoms with E-state index in [0.717, 1.165) is 33.5 Å². The predicted molar refractivity (Wildman–Crippen MR) is 139 cm³/mol. The Labute approximate surface area is 209 Å². The molecular weight excluding hydrogens is 458 g/mol. The topological polar surface area (TPSA) is 80.1 Å². The van der Waals surface area contributed by atoms with Crippen molar-refractivity contribution in [2.45, 2.75) is 46.3 Å². The molecule has 0 bridgehead atoms. The Bertz CT molecular complexity index is 1260. The van der Waals surface area contributed by atoms with Crippen LogP contribution in [-0.4, -0.2) is 38.3 Å². The maximum absolute atomic E-state index is 13.8. The molecule has 0 saturated carbocycles. The van der Waals surface area contributed by atoms with Crippen molar-refractivity contribution < 1.29 is 9.59 Å². The maximum atomic E-state index is 13.8. The van der Waals surface area contributed by atoms with Gasteiger partial charge in [0.1, 0.15) is 18.1 Å². The zero-order valence-electron chi connectivity index (χ0n) is 20.3. The Hall–Kier alpha value is -3.52. The van der Waals surface area contributed by atoms with Crippen LogP contribution in [0, 0.1) is 12.8 Å². The van der Waals surface area contributed by atoms with Gasteiger partial charge >= 0.3 is 0 Å². The Morgan fingerprint density at radius 3 is 2.54 bits per heavy atom. The fourth-order valence-electron chi connectivity index (χ4n) is 3.95. The van der Waals surface area contributed by atoms with Crippen molar-refractivity contribution in [1.82, 2.24) is 25.2 Å². The van der Waals surface area contributed by atoms with E-state index in [0.29, 0.717) is 19.0 Å². The minimum absolute atomic E-state index is 0.00642. The number of nitrogens with zero attached hydrogens (tertiary/aromatic N) is 4. The van der Waals surface area contributed by atoms with Gasteiger partial charge in [-0.2, -0.15) is 0 Å². The molecule has 0 fully saturated rings. The van der Waals surface area contributed by atoms with Crippen molar-refractivity contribution in [1.29, 1.82) is 0 Å². The predicted octanol–water partition coefficient (Wildman–Crippen LogP) is 4.73. The van der Waals surface area contributed by atoms with Crippen LogP contribution in [0.25, 0.3) is 11.0 Å². The van der Waals surface area contributed by atoms with Gasteiger partial charge in [-0.25, -0.2) is 4.68 Å². The fraction of sp³-hybridized carbons (Fsp3) is 0.333. The Kier molecular flexibility index (Phi) is 7.92. The quantitative estimate of drug-likeness (QED) is 0.349. The van der Waals surface area contributed by atoms with Gasteiger partial charge < -0.3 is 10.2 Å². The molecule has 0 saturated heterocycles. The fourth-order valence-corrected chi connectivity index (χ4v) is 4.65. The van der Waals surface area contributed by atoms with E-state index in [2.05, 4.69) is 29.5 Å². The number of hydrogen-bond donors (Lipinski definition) is 1.